The van der Waals surface area contributed by atoms with Crippen molar-refractivity contribution >= 4 is 5.97 Å². The van der Waals surface area contributed by atoms with Crippen molar-refractivity contribution in [3.8, 4) is 23.0 Å². The lowest BCUT2D eigenvalue weighted by molar-refractivity contribution is -0.140. The summed E-state index contributed by atoms with van der Waals surface area (Å²) in [5, 5.41) is 10.6. The molecule has 1 aliphatic heterocycles. The van der Waals surface area contributed by atoms with Crippen molar-refractivity contribution in [2.45, 2.75) is 38.1 Å². The highest BCUT2D eigenvalue weighted by molar-refractivity contribution is 5.71. The van der Waals surface area contributed by atoms with Crippen molar-refractivity contribution in [1.29, 1.82) is 0 Å². The molecule has 1 aromatic carbocycles. The summed E-state index contributed by atoms with van der Waals surface area (Å²) >= 11 is 0. The van der Waals surface area contributed by atoms with Crippen molar-refractivity contribution in [3.05, 3.63) is 45.5 Å². The molecule has 0 bridgehead atoms. The lowest BCUT2D eigenvalue weighted by atomic mass is 9.91. The maximum atomic E-state index is 12.6. The van der Waals surface area contributed by atoms with Gasteiger partial charge in [0, 0.05) is 6.07 Å². The molecular formula is C24H31NO8. The Hall–Kier alpha value is -3.20. The van der Waals surface area contributed by atoms with Crippen LogP contribution in [0.3, 0.4) is 0 Å². The highest BCUT2D eigenvalue weighted by Crippen LogP contribution is 2.43. The van der Waals surface area contributed by atoms with E-state index < -0.39 is 23.1 Å². The predicted molar refractivity (Wildman–Crippen MR) is 120 cm³/mol. The van der Waals surface area contributed by atoms with Crippen LogP contribution in [0.4, 0.5) is 0 Å². The molecule has 0 saturated carbocycles. The summed E-state index contributed by atoms with van der Waals surface area (Å²) in [5.41, 5.74) is -0.0333. The monoisotopic (exact) mass is 461 g/mol. The Morgan fingerprint density at radius 2 is 1.67 bits per heavy atom. The van der Waals surface area contributed by atoms with Crippen LogP contribution < -0.4 is 19.6 Å². The number of hydrogen-bond acceptors (Lipinski definition) is 9. The quantitative estimate of drug-likeness (QED) is 0.564. The van der Waals surface area contributed by atoms with Crippen LogP contribution in [-0.4, -0.2) is 57.5 Å². The smallest absolute Gasteiger partial charge is 0.306 e. The first-order chi connectivity index (χ1) is 15.9. The van der Waals surface area contributed by atoms with Gasteiger partial charge in [-0.1, -0.05) is 6.42 Å². The number of carbonyl (C=O) groups excluding carboxylic acids is 1. The first-order valence-corrected chi connectivity index (χ1v) is 10.9. The first-order valence-electron chi connectivity index (χ1n) is 10.9. The lowest BCUT2D eigenvalue weighted by Crippen LogP contribution is -2.29. The van der Waals surface area contributed by atoms with Crippen molar-refractivity contribution in [2.24, 2.45) is 0 Å². The Kier molecular flexibility index (Phi) is 8.21. The number of ether oxygens (including phenoxy) is 4. The number of hydrogen-bond donors (Lipinski definition) is 1. The molecule has 2 heterocycles. The maximum absolute atomic E-state index is 12.6. The minimum Gasteiger partial charge on any atom is -0.502 e. The van der Waals surface area contributed by atoms with Gasteiger partial charge in [-0.05, 0) is 43.6 Å². The van der Waals surface area contributed by atoms with Gasteiger partial charge in [-0.2, -0.15) is 0 Å². The predicted octanol–water partition coefficient (Wildman–Crippen LogP) is 3.05. The van der Waals surface area contributed by atoms with Gasteiger partial charge in [-0.15, -0.1) is 0 Å². The van der Waals surface area contributed by atoms with E-state index in [4.69, 9.17) is 23.4 Å². The Labute approximate surface area is 192 Å². The summed E-state index contributed by atoms with van der Waals surface area (Å²) in [6, 6.07) is 4.62. The fourth-order valence-electron chi connectivity index (χ4n) is 4.12. The van der Waals surface area contributed by atoms with E-state index in [2.05, 4.69) is 4.90 Å². The molecule has 1 fully saturated rings. The van der Waals surface area contributed by atoms with Gasteiger partial charge in [-0.25, -0.2) is 0 Å². The molecule has 180 valence electrons. The van der Waals surface area contributed by atoms with Crippen molar-refractivity contribution in [2.75, 3.05) is 41.5 Å². The van der Waals surface area contributed by atoms with E-state index in [-0.39, 0.29) is 12.2 Å². The molecule has 0 amide bonds. The normalized spacial score (nSPS) is 15.0. The molecule has 1 aliphatic rings. The van der Waals surface area contributed by atoms with Gasteiger partial charge in [0.2, 0.25) is 16.9 Å². The van der Waals surface area contributed by atoms with Gasteiger partial charge in [-0.3, -0.25) is 14.5 Å². The number of esters is 1. The Balaban J connectivity index is 2.11. The number of likely N-dealkylation sites (tertiary alicyclic amines) is 1. The molecule has 1 N–H and O–H groups in total. The molecule has 2 aromatic rings. The van der Waals surface area contributed by atoms with Crippen molar-refractivity contribution in [3.63, 3.8) is 0 Å². The second kappa shape index (κ2) is 11.1. The van der Waals surface area contributed by atoms with Gasteiger partial charge >= 0.3 is 5.97 Å². The van der Waals surface area contributed by atoms with Crippen LogP contribution in [-0.2, 0) is 16.1 Å². The minimum atomic E-state index is -0.819. The SMILES string of the molecule is COC(=O)C[C@H](c1cc(OC)c(OC)c(OC)c1)c1oc(CN2CCCCC2)cc(=O)c1O. The van der Waals surface area contributed by atoms with Crippen LogP contribution in [0.15, 0.2) is 27.4 Å². The highest BCUT2D eigenvalue weighted by atomic mass is 16.5. The molecule has 0 spiro atoms. The maximum Gasteiger partial charge on any atom is 0.306 e. The zero-order valence-electron chi connectivity index (χ0n) is 19.5. The molecule has 1 saturated heterocycles. The third-order valence-electron chi connectivity index (χ3n) is 5.83. The summed E-state index contributed by atoms with van der Waals surface area (Å²) in [5.74, 6) is -0.352. The largest absolute Gasteiger partial charge is 0.502 e. The number of aromatic hydroxyl groups is 1. The number of rotatable bonds is 9. The molecule has 9 nitrogen and oxygen atoms in total. The minimum absolute atomic E-state index is 0.00539. The molecular weight excluding hydrogens is 430 g/mol. The fourth-order valence-corrected chi connectivity index (χ4v) is 4.12. The van der Waals surface area contributed by atoms with Crippen LogP contribution in [0, 0.1) is 0 Å². The van der Waals surface area contributed by atoms with Gasteiger partial charge in [0.05, 0.1) is 47.3 Å². The van der Waals surface area contributed by atoms with Crippen LogP contribution in [0.1, 0.15) is 48.7 Å². The number of methoxy groups -OCH3 is 4. The number of carbonyl (C=O) groups is 1. The fraction of sp³-hybridized carbons (Fsp3) is 0.500. The van der Waals surface area contributed by atoms with E-state index in [0.29, 0.717) is 35.1 Å². The molecule has 33 heavy (non-hydrogen) atoms. The zero-order valence-corrected chi connectivity index (χ0v) is 19.5. The molecule has 1 aromatic heterocycles. The van der Waals surface area contributed by atoms with E-state index in [1.165, 1.54) is 40.9 Å². The van der Waals surface area contributed by atoms with Gasteiger partial charge in [0.15, 0.2) is 17.3 Å². The van der Waals surface area contributed by atoms with Gasteiger partial charge < -0.3 is 28.5 Å². The molecule has 0 radical (unpaired) electrons. The van der Waals surface area contributed by atoms with Crippen LogP contribution in [0.25, 0.3) is 0 Å². The van der Waals surface area contributed by atoms with Crippen LogP contribution >= 0.6 is 0 Å². The average molecular weight is 462 g/mol. The molecule has 9 heteroatoms. The second-order valence-corrected chi connectivity index (χ2v) is 7.92. The van der Waals surface area contributed by atoms with Crippen LogP contribution in [0.2, 0.25) is 0 Å². The summed E-state index contributed by atoms with van der Waals surface area (Å²) in [6.07, 6.45) is 3.19. The van der Waals surface area contributed by atoms with E-state index in [9.17, 15) is 14.7 Å². The zero-order chi connectivity index (χ0) is 24.0. The van der Waals surface area contributed by atoms with E-state index in [0.717, 1.165) is 25.9 Å². The van der Waals surface area contributed by atoms with Gasteiger partial charge in [0.1, 0.15) is 5.76 Å². The highest BCUT2D eigenvalue weighted by Gasteiger charge is 2.29. The second-order valence-electron chi connectivity index (χ2n) is 7.92. The Morgan fingerprint density at radius 3 is 2.21 bits per heavy atom. The Bertz CT molecular complexity index is 1000. The van der Waals surface area contributed by atoms with Crippen LogP contribution in [0.5, 0.6) is 23.0 Å². The van der Waals surface area contributed by atoms with E-state index in [1.54, 1.807) is 12.1 Å². The molecule has 0 aliphatic carbocycles. The lowest BCUT2D eigenvalue weighted by Gasteiger charge is -2.26. The summed E-state index contributed by atoms with van der Waals surface area (Å²) in [4.78, 5) is 27.1. The Morgan fingerprint density at radius 1 is 1.03 bits per heavy atom. The first kappa shape index (κ1) is 24.4. The topological polar surface area (TPSA) is 108 Å². The molecule has 0 unspecified atom stereocenters. The van der Waals surface area contributed by atoms with E-state index in [1.807, 2.05) is 0 Å². The number of nitrogens with zero attached hydrogens (tertiary/aromatic N) is 1. The van der Waals surface area contributed by atoms with Crippen molar-refractivity contribution in [1.82, 2.24) is 4.90 Å². The molecule has 3 rings (SSSR count). The van der Waals surface area contributed by atoms with Crippen molar-refractivity contribution < 1.29 is 33.3 Å². The summed E-state index contributed by atoms with van der Waals surface area (Å²) in [7, 11) is 5.72. The summed E-state index contributed by atoms with van der Waals surface area (Å²) < 4.78 is 27.2. The summed E-state index contributed by atoms with van der Waals surface area (Å²) in [6.45, 7) is 2.28. The third-order valence-corrected chi connectivity index (χ3v) is 5.83. The number of benzene rings is 1. The van der Waals surface area contributed by atoms with Gasteiger partial charge in [0.25, 0.3) is 0 Å². The number of piperidine rings is 1. The molecule has 1 atom stereocenters. The average Bonchev–Trinajstić information content (AvgIpc) is 2.84. The van der Waals surface area contributed by atoms with E-state index >= 15 is 0 Å². The standard InChI is InChI=1S/C24H31NO8/c1-29-19-10-15(11-20(30-2)24(19)32-4)17(13-21(27)31-3)23-22(28)18(26)12-16(33-23)14-25-8-6-5-7-9-25/h10-12,17,28H,5-9,13-14H2,1-4H3/t17-/m1/s1. The third kappa shape index (κ3) is 5.60.